The van der Waals surface area contributed by atoms with Crippen LogP contribution in [0.5, 0.6) is 0 Å². The van der Waals surface area contributed by atoms with Crippen molar-refractivity contribution in [3.63, 3.8) is 0 Å². The highest BCUT2D eigenvalue weighted by molar-refractivity contribution is 6.13. The molecule has 6 heteroatoms. The second-order valence-electron chi connectivity index (χ2n) is 7.21. The van der Waals surface area contributed by atoms with Gasteiger partial charge in [0.25, 0.3) is 11.8 Å². The van der Waals surface area contributed by atoms with Crippen LogP contribution in [0.15, 0.2) is 90.0 Å². The molecule has 0 aromatic heterocycles. The topological polar surface area (TPSA) is 79.8 Å². The van der Waals surface area contributed by atoms with Gasteiger partial charge >= 0.3 is 0 Å². The lowest BCUT2D eigenvalue weighted by Crippen LogP contribution is -2.27. The predicted octanol–water partition coefficient (Wildman–Crippen LogP) is 3.99. The molecule has 2 amide bonds. The van der Waals surface area contributed by atoms with Gasteiger partial charge in [-0.05, 0) is 31.0 Å². The minimum atomic E-state index is -0.429. The quantitative estimate of drug-likeness (QED) is 0.474. The van der Waals surface area contributed by atoms with E-state index in [9.17, 15) is 9.59 Å². The highest BCUT2D eigenvalue weighted by atomic mass is 16.5. The molecule has 1 aliphatic heterocycles. The van der Waals surface area contributed by atoms with Gasteiger partial charge in [-0.15, -0.1) is 0 Å². The zero-order chi connectivity index (χ0) is 21.5. The van der Waals surface area contributed by atoms with Crippen LogP contribution >= 0.6 is 0 Å². The summed E-state index contributed by atoms with van der Waals surface area (Å²) in [5.41, 5.74) is 6.04. The van der Waals surface area contributed by atoms with E-state index in [-0.39, 0.29) is 11.8 Å². The summed E-state index contributed by atoms with van der Waals surface area (Å²) in [4.78, 5) is 25.0. The maximum atomic E-state index is 12.8. The summed E-state index contributed by atoms with van der Waals surface area (Å²) < 4.78 is 5.40. The van der Waals surface area contributed by atoms with Gasteiger partial charge in [0.2, 0.25) is 0 Å². The maximum absolute atomic E-state index is 12.8. The molecule has 1 heterocycles. The molecule has 0 saturated carbocycles. The van der Waals surface area contributed by atoms with E-state index in [2.05, 4.69) is 15.8 Å². The average molecular weight is 413 g/mol. The fourth-order valence-electron chi connectivity index (χ4n) is 3.40. The predicted molar refractivity (Wildman–Crippen MR) is 120 cm³/mol. The maximum Gasteiger partial charge on any atom is 0.271 e. The van der Waals surface area contributed by atoms with Crippen molar-refractivity contribution in [2.75, 3.05) is 11.9 Å². The molecule has 3 aromatic carbocycles. The first-order valence-electron chi connectivity index (χ1n) is 10.2. The van der Waals surface area contributed by atoms with Gasteiger partial charge in [0.05, 0.1) is 5.71 Å². The molecule has 1 fully saturated rings. The van der Waals surface area contributed by atoms with Gasteiger partial charge in [-0.3, -0.25) is 9.59 Å². The Morgan fingerprint density at radius 2 is 1.48 bits per heavy atom. The van der Waals surface area contributed by atoms with Crippen LogP contribution < -0.4 is 10.7 Å². The molecule has 6 nitrogen and oxygen atoms in total. The van der Waals surface area contributed by atoms with Gasteiger partial charge in [0, 0.05) is 29.0 Å². The summed E-state index contributed by atoms with van der Waals surface area (Å²) in [7, 11) is 0. The standard InChI is InChI=1S/C25H23N3O3/c29-24(20-13-7-14-21(17-20)26-25(30)22-15-8-16-31-22)28-27-23(18-9-3-1-4-10-18)19-11-5-2-6-12-19/h1-7,9-14,17,22H,8,15-16H2,(H,26,30)(H,28,29). The molecule has 0 radical (unpaired) electrons. The summed E-state index contributed by atoms with van der Waals surface area (Å²) in [6, 6.07) is 26.1. The highest BCUT2D eigenvalue weighted by Crippen LogP contribution is 2.16. The van der Waals surface area contributed by atoms with Crippen LogP contribution in [0.4, 0.5) is 5.69 Å². The van der Waals surface area contributed by atoms with Crippen molar-refractivity contribution in [1.82, 2.24) is 5.43 Å². The average Bonchev–Trinajstić information content (AvgIpc) is 3.36. The smallest absolute Gasteiger partial charge is 0.271 e. The zero-order valence-corrected chi connectivity index (χ0v) is 17.0. The molecule has 0 spiro atoms. The van der Waals surface area contributed by atoms with E-state index in [1.807, 2.05) is 60.7 Å². The fraction of sp³-hybridized carbons (Fsp3) is 0.160. The number of nitrogens with one attached hydrogen (secondary N) is 2. The number of carbonyl (C=O) groups is 2. The lowest BCUT2D eigenvalue weighted by molar-refractivity contribution is -0.124. The third kappa shape index (κ3) is 5.24. The van der Waals surface area contributed by atoms with Crippen molar-refractivity contribution in [2.45, 2.75) is 18.9 Å². The van der Waals surface area contributed by atoms with Gasteiger partial charge < -0.3 is 10.1 Å². The first-order chi connectivity index (χ1) is 15.2. The van der Waals surface area contributed by atoms with Gasteiger partial charge in [-0.1, -0.05) is 66.7 Å². The summed E-state index contributed by atoms with van der Waals surface area (Å²) in [5, 5.41) is 7.22. The Hall–Kier alpha value is -3.77. The van der Waals surface area contributed by atoms with Gasteiger partial charge in [0.15, 0.2) is 0 Å². The monoisotopic (exact) mass is 413 g/mol. The van der Waals surface area contributed by atoms with Gasteiger partial charge in [0.1, 0.15) is 6.10 Å². The molecule has 4 rings (SSSR count). The molecule has 2 N–H and O–H groups in total. The second-order valence-corrected chi connectivity index (χ2v) is 7.21. The van der Waals surface area contributed by atoms with Crippen LogP contribution in [-0.4, -0.2) is 30.2 Å². The van der Waals surface area contributed by atoms with Gasteiger partial charge in [-0.25, -0.2) is 5.43 Å². The SMILES string of the molecule is O=C(NN=C(c1ccccc1)c1ccccc1)c1cccc(NC(=O)C2CCCO2)c1. The van der Waals surface area contributed by atoms with Crippen LogP contribution in [0, 0.1) is 0 Å². The van der Waals surface area contributed by atoms with E-state index in [0.717, 1.165) is 17.5 Å². The fourth-order valence-corrected chi connectivity index (χ4v) is 3.40. The largest absolute Gasteiger partial charge is 0.368 e. The van der Waals surface area contributed by atoms with E-state index in [0.29, 0.717) is 30.0 Å². The summed E-state index contributed by atoms with van der Waals surface area (Å²) in [5.74, 6) is -0.555. The normalized spacial score (nSPS) is 15.2. The van der Waals surface area contributed by atoms with Crippen molar-refractivity contribution in [3.8, 4) is 0 Å². The minimum Gasteiger partial charge on any atom is -0.368 e. The van der Waals surface area contributed by atoms with Crippen molar-refractivity contribution in [1.29, 1.82) is 0 Å². The van der Waals surface area contributed by atoms with Crippen molar-refractivity contribution >= 4 is 23.2 Å². The van der Waals surface area contributed by atoms with Crippen LogP contribution in [0.3, 0.4) is 0 Å². The first kappa shape index (κ1) is 20.5. The molecule has 31 heavy (non-hydrogen) atoms. The number of anilines is 1. The Morgan fingerprint density at radius 3 is 2.10 bits per heavy atom. The number of hydrazone groups is 1. The highest BCUT2D eigenvalue weighted by Gasteiger charge is 2.23. The van der Waals surface area contributed by atoms with Gasteiger partial charge in [-0.2, -0.15) is 5.10 Å². The van der Waals surface area contributed by atoms with Crippen LogP contribution in [0.2, 0.25) is 0 Å². The van der Waals surface area contributed by atoms with E-state index in [1.165, 1.54) is 0 Å². The Morgan fingerprint density at radius 1 is 0.839 bits per heavy atom. The van der Waals surface area contributed by atoms with Crippen LogP contribution in [-0.2, 0) is 9.53 Å². The zero-order valence-electron chi connectivity index (χ0n) is 17.0. The molecule has 1 unspecified atom stereocenters. The number of benzene rings is 3. The van der Waals surface area contributed by atoms with Crippen molar-refractivity contribution < 1.29 is 14.3 Å². The Labute approximate surface area is 180 Å². The number of nitrogens with zero attached hydrogens (tertiary/aromatic N) is 1. The van der Waals surface area contributed by atoms with Crippen molar-refractivity contribution in [3.05, 3.63) is 102 Å². The molecule has 1 aliphatic rings. The summed E-state index contributed by atoms with van der Waals surface area (Å²) in [6.07, 6.45) is 1.16. The molecular formula is C25H23N3O3. The Balaban J connectivity index is 1.51. The van der Waals surface area contributed by atoms with E-state index in [4.69, 9.17) is 4.74 Å². The molecular weight excluding hydrogens is 390 g/mol. The van der Waals surface area contributed by atoms with Crippen molar-refractivity contribution in [2.24, 2.45) is 5.10 Å². The lowest BCUT2D eigenvalue weighted by Gasteiger charge is -2.11. The number of hydrogen-bond donors (Lipinski definition) is 2. The summed E-state index contributed by atoms with van der Waals surface area (Å²) in [6.45, 7) is 0.601. The third-order valence-electron chi connectivity index (χ3n) is 4.98. The second kappa shape index (κ2) is 9.82. The van der Waals surface area contributed by atoms with Crippen LogP contribution in [0.25, 0.3) is 0 Å². The number of hydrogen-bond acceptors (Lipinski definition) is 4. The Bertz CT molecular complexity index is 1030. The minimum absolute atomic E-state index is 0.191. The molecule has 0 aliphatic carbocycles. The third-order valence-corrected chi connectivity index (χ3v) is 4.98. The number of rotatable bonds is 6. The molecule has 1 saturated heterocycles. The molecule has 0 bridgehead atoms. The molecule has 3 aromatic rings. The Kier molecular flexibility index (Phi) is 6.50. The number of ether oxygens (including phenoxy) is 1. The number of carbonyl (C=O) groups excluding carboxylic acids is 2. The first-order valence-corrected chi connectivity index (χ1v) is 10.2. The lowest BCUT2D eigenvalue weighted by atomic mass is 10.0. The number of amides is 2. The van der Waals surface area contributed by atoms with E-state index in [1.54, 1.807) is 24.3 Å². The molecule has 1 atom stereocenters. The summed E-state index contributed by atoms with van der Waals surface area (Å²) >= 11 is 0. The van der Waals surface area contributed by atoms with Crippen LogP contribution in [0.1, 0.15) is 34.3 Å². The van der Waals surface area contributed by atoms with E-state index < -0.39 is 6.10 Å². The molecule has 156 valence electrons. The van der Waals surface area contributed by atoms with E-state index >= 15 is 0 Å².